The summed E-state index contributed by atoms with van der Waals surface area (Å²) < 4.78 is 31.3. The predicted molar refractivity (Wildman–Crippen MR) is 78.3 cm³/mol. The number of hydrogen-bond donors (Lipinski definition) is 1. The van der Waals surface area contributed by atoms with Crippen LogP contribution in [0.2, 0.25) is 0 Å². The lowest BCUT2D eigenvalue weighted by Crippen LogP contribution is -2.32. The number of nitrogens with one attached hydrogen (secondary N) is 1. The van der Waals surface area contributed by atoms with Crippen molar-refractivity contribution in [2.75, 3.05) is 13.2 Å². The van der Waals surface area contributed by atoms with Gasteiger partial charge in [0.2, 0.25) is 5.91 Å². The lowest BCUT2D eigenvalue weighted by atomic mass is 9.96. The summed E-state index contributed by atoms with van der Waals surface area (Å²) in [5.41, 5.74) is 1.01. The van der Waals surface area contributed by atoms with Gasteiger partial charge >= 0.3 is 0 Å². The zero-order valence-corrected chi connectivity index (χ0v) is 12.5. The van der Waals surface area contributed by atoms with Gasteiger partial charge in [0.05, 0.1) is 0 Å². The molecular weight excluding hydrogens is 288 g/mol. The molecule has 2 fully saturated rings. The summed E-state index contributed by atoms with van der Waals surface area (Å²) in [5.74, 6) is -1.62. The van der Waals surface area contributed by atoms with Crippen molar-refractivity contribution in [3.63, 3.8) is 0 Å². The number of benzene rings is 1. The lowest BCUT2D eigenvalue weighted by molar-refractivity contribution is -0.121. The molecule has 5 heteroatoms. The number of aryl methyl sites for hydroxylation is 1. The first-order valence-electron chi connectivity index (χ1n) is 7.90. The third-order valence-electron chi connectivity index (χ3n) is 4.87. The Hall–Kier alpha value is -1.49. The Balaban J connectivity index is 1.39. The molecule has 1 saturated heterocycles. The molecule has 1 aromatic rings. The predicted octanol–water partition coefficient (Wildman–Crippen LogP) is 2.97. The van der Waals surface area contributed by atoms with E-state index >= 15 is 0 Å². The average Bonchev–Trinajstić information content (AvgIpc) is 3.14. The number of carbonyl (C=O) groups is 1. The Morgan fingerprint density at radius 2 is 2.05 bits per heavy atom. The molecule has 22 heavy (non-hydrogen) atoms. The summed E-state index contributed by atoms with van der Waals surface area (Å²) in [6.45, 7) is 1.59. The molecule has 0 aromatic heterocycles. The van der Waals surface area contributed by atoms with Crippen LogP contribution in [0.3, 0.4) is 0 Å². The normalized spacial score (nSPS) is 22.5. The maximum absolute atomic E-state index is 13.1. The van der Waals surface area contributed by atoms with Crippen LogP contribution in [-0.2, 0) is 16.0 Å². The van der Waals surface area contributed by atoms with Crippen molar-refractivity contribution in [3.05, 3.63) is 35.4 Å². The molecule has 0 bridgehead atoms. The van der Waals surface area contributed by atoms with Gasteiger partial charge in [0.15, 0.2) is 11.6 Å². The van der Waals surface area contributed by atoms with Crippen LogP contribution in [0, 0.1) is 17.0 Å². The largest absolute Gasteiger partial charge is 0.381 e. The van der Waals surface area contributed by atoms with Gasteiger partial charge in [-0.2, -0.15) is 0 Å². The summed E-state index contributed by atoms with van der Waals surface area (Å²) >= 11 is 0. The fraction of sp³-hybridized carbons (Fsp3) is 0.588. The van der Waals surface area contributed by atoms with E-state index in [1.807, 2.05) is 0 Å². The molecule has 1 spiro atoms. The Bertz CT molecular complexity index is 556. The van der Waals surface area contributed by atoms with E-state index in [2.05, 4.69) is 5.32 Å². The Labute approximate surface area is 129 Å². The van der Waals surface area contributed by atoms with Crippen molar-refractivity contribution in [2.24, 2.45) is 5.41 Å². The molecule has 1 aliphatic heterocycles. The standard InChI is InChI=1S/C17H21F2NO2/c18-13-5-4-12(10-14(13)19)2-1-3-16(21)20-15-11-17(15)6-8-22-9-7-17/h4-5,10,15H,1-3,6-9,11H2,(H,20,21)/t15-/m0/s1. The Morgan fingerprint density at radius 1 is 1.27 bits per heavy atom. The third-order valence-corrected chi connectivity index (χ3v) is 4.87. The van der Waals surface area contributed by atoms with E-state index in [1.54, 1.807) is 6.07 Å². The van der Waals surface area contributed by atoms with Crippen LogP contribution in [0.25, 0.3) is 0 Å². The van der Waals surface area contributed by atoms with Gasteiger partial charge in [-0.15, -0.1) is 0 Å². The van der Waals surface area contributed by atoms with E-state index in [-0.39, 0.29) is 11.3 Å². The number of amides is 1. The van der Waals surface area contributed by atoms with Crippen molar-refractivity contribution in [1.82, 2.24) is 5.32 Å². The van der Waals surface area contributed by atoms with Gasteiger partial charge in [0.25, 0.3) is 0 Å². The highest BCUT2D eigenvalue weighted by atomic mass is 19.2. The molecular formula is C17H21F2NO2. The summed E-state index contributed by atoms with van der Waals surface area (Å²) in [7, 11) is 0. The summed E-state index contributed by atoms with van der Waals surface area (Å²) in [4.78, 5) is 12.0. The van der Waals surface area contributed by atoms with E-state index in [0.717, 1.165) is 44.1 Å². The lowest BCUT2D eigenvalue weighted by Gasteiger charge is -2.22. The van der Waals surface area contributed by atoms with Gasteiger partial charge in [0.1, 0.15) is 0 Å². The van der Waals surface area contributed by atoms with Gasteiger partial charge in [0, 0.05) is 25.7 Å². The topological polar surface area (TPSA) is 38.3 Å². The van der Waals surface area contributed by atoms with Crippen LogP contribution in [0.5, 0.6) is 0 Å². The summed E-state index contributed by atoms with van der Waals surface area (Å²) in [6, 6.07) is 4.19. The van der Waals surface area contributed by atoms with Crippen molar-refractivity contribution in [3.8, 4) is 0 Å². The highest BCUT2D eigenvalue weighted by Crippen LogP contribution is 2.53. The van der Waals surface area contributed by atoms with Crippen molar-refractivity contribution >= 4 is 5.91 Å². The average molecular weight is 309 g/mol. The van der Waals surface area contributed by atoms with Crippen LogP contribution in [0.4, 0.5) is 8.78 Å². The van der Waals surface area contributed by atoms with Gasteiger partial charge in [-0.1, -0.05) is 6.07 Å². The second kappa shape index (κ2) is 6.32. The minimum absolute atomic E-state index is 0.0518. The first-order valence-corrected chi connectivity index (χ1v) is 7.90. The van der Waals surface area contributed by atoms with Crippen LogP contribution in [0.1, 0.15) is 37.7 Å². The van der Waals surface area contributed by atoms with Crippen LogP contribution in [0.15, 0.2) is 18.2 Å². The highest BCUT2D eigenvalue weighted by molar-refractivity contribution is 5.76. The highest BCUT2D eigenvalue weighted by Gasteiger charge is 2.54. The minimum Gasteiger partial charge on any atom is -0.381 e. The van der Waals surface area contributed by atoms with E-state index in [1.165, 1.54) is 6.07 Å². The van der Waals surface area contributed by atoms with Crippen LogP contribution < -0.4 is 5.32 Å². The van der Waals surface area contributed by atoms with Crippen molar-refractivity contribution in [2.45, 2.75) is 44.6 Å². The van der Waals surface area contributed by atoms with Gasteiger partial charge in [-0.25, -0.2) is 8.78 Å². The maximum Gasteiger partial charge on any atom is 0.220 e. The van der Waals surface area contributed by atoms with Crippen LogP contribution >= 0.6 is 0 Å². The second-order valence-corrected chi connectivity index (χ2v) is 6.40. The molecule has 0 unspecified atom stereocenters. The molecule has 1 aliphatic carbocycles. The number of rotatable bonds is 5. The SMILES string of the molecule is O=C(CCCc1ccc(F)c(F)c1)N[C@H]1CC12CCOCC2. The smallest absolute Gasteiger partial charge is 0.220 e. The summed E-state index contributed by atoms with van der Waals surface area (Å²) in [6.07, 6.45) is 4.76. The molecule has 1 heterocycles. The van der Waals surface area contributed by atoms with Gasteiger partial charge < -0.3 is 10.1 Å². The van der Waals surface area contributed by atoms with Crippen LogP contribution in [-0.4, -0.2) is 25.2 Å². The molecule has 1 aromatic carbocycles. The molecule has 1 atom stereocenters. The second-order valence-electron chi connectivity index (χ2n) is 6.40. The number of ether oxygens (including phenoxy) is 1. The first kappa shape index (κ1) is 15.4. The van der Waals surface area contributed by atoms with Gasteiger partial charge in [-0.05, 0) is 55.2 Å². The van der Waals surface area contributed by atoms with E-state index < -0.39 is 11.6 Å². The molecule has 1 saturated carbocycles. The van der Waals surface area contributed by atoms with Gasteiger partial charge in [-0.3, -0.25) is 4.79 Å². The molecule has 1 amide bonds. The molecule has 3 nitrogen and oxygen atoms in total. The molecule has 1 N–H and O–H groups in total. The molecule has 2 aliphatic rings. The van der Waals surface area contributed by atoms with E-state index in [0.29, 0.717) is 25.3 Å². The minimum atomic E-state index is -0.836. The Kier molecular flexibility index (Phi) is 4.43. The van der Waals surface area contributed by atoms with Crippen molar-refractivity contribution < 1.29 is 18.3 Å². The fourth-order valence-corrected chi connectivity index (χ4v) is 3.30. The number of halogens is 2. The molecule has 0 radical (unpaired) electrons. The molecule has 120 valence electrons. The molecule has 3 rings (SSSR count). The number of carbonyl (C=O) groups excluding carboxylic acids is 1. The zero-order valence-electron chi connectivity index (χ0n) is 12.5. The van der Waals surface area contributed by atoms with E-state index in [4.69, 9.17) is 4.74 Å². The fourth-order valence-electron chi connectivity index (χ4n) is 3.30. The third kappa shape index (κ3) is 3.46. The van der Waals surface area contributed by atoms with Crippen molar-refractivity contribution in [1.29, 1.82) is 0 Å². The first-order chi connectivity index (χ1) is 10.6. The quantitative estimate of drug-likeness (QED) is 0.908. The van der Waals surface area contributed by atoms with E-state index in [9.17, 15) is 13.6 Å². The maximum atomic E-state index is 13.1. The zero-order chi connectivity index (χ0) is 15.6. The number of hydrogen-bond acceptors (Lipinski definition) is 2. The monoisotopic (exact) mass is 309 g/mol. The summed E-state index contributed by atoms with van der Waals surface area (Å²) in [5, 5.41) is 3.09. The Morgan fingerprint density at radius 3 is 2.77 bits per heavy atom.